The van der Waals surface area contributed by atoms with Crippen molar-refractivity contribution < 1.29 is 13.9 Å². The molecule has 1 aromatic heterocycles. The maximum absolute atomic E-state index is 14.3. The fourth-order valence-corrected chi connectivity index (χ4v) is 3.26. The van der Waals surface area contributed by atoms with E-state index in [4.69, 9.17) is 4.74 Å². The van der Waals surface area contributed by atoms with Crippen molar-refractivity contribution in [1.29, 1.82) is 0 Å². The van der Waals surface area contributed by atoms with Gasteiger partial charge in [0.15, 0.2) is 5.82 Å². The van der Waals surface area contributed by atoms with Crippen LogP contribution in [0.25, 0.3) is 5.69 Å². The molecule has 25 heavy (non-hydrogen) atoms. The molecule has 0 spiro atoms. The lowest BCUT2D eigenvalue weighted by Gasteiger charge is -2.37. The lowest BCUT2D eigenvalue weighted by molar-refractivity contribution is -0.0717. The van der Waals surface area contributed by atoms with Crippen LogP contribution >= 0.6 is 0 Å². The number of carbonyl (C=O) groups is 1. The zero-order valence-corrected chi connectivity index (χ0v) is 14.1. The van der Waals surface area contributed by atoms with Crippen molar-refractivity contribution in [3.8, 4) is 5.69 Å². The molecule has 1 N–H and O–H groups in total. The van der Waals surface area contributed by atoms with E-state index in [0.29, 0.717) is 30.4 Å². The quantitative estimate of drug-likeness (QED) is 0.931. The molecule has 4 rings (SSSR count). The average molecular weight is 344 g/mol. The number of nitrogens with zero attached hydrogens (tertiary/aromatic N) is 3. The number of carbonyl (C=O) groups excluding carboxylic acids is 1. The molecule has 2 aliphatic rings. The largest absolute Gasteiger partial charge is 0.371 e. The molecule has 2 aromatic rings. The van der Waals surface area contributed by atoms with Gasteiger partial charge < -0.3 is 15.0 Å². The highest BCUT2D eigenvalue weighted by Gasteiger charge is 2.38. The van der Waals surface area contributed by atoms with Crippen LogP contribution in [0.5, 0.6) is 0 Å². The third-order valence-corrected chi connectivity index (χ3v) is 4.67. The number of morpholine rings is 1. The molecule has 7 heteroatoms. The maximum atomic E-state index is 14.3. The van der Waals surface area contributed by atoms with Gasteiger partial charge in [0.25, 0.3) is 0 Å². The number of nitrogens with one attached hydrogen (secondary N) is 1. The minimum Gasteiger partial charge on any atom is -0.371 e. The first-order valence-corrected chi connectivity index (χ1v) is 8.61. The Kier molecular flexibility index (Phi) is 4.17. The standard InChI is InChI=1S/C18H21FN4O2/c1-12-10-22(11-17(25-12)13-3-4-13)18(24)21-14-5-6-16(15(19)9-14)23-8-2-7-20-23/h2,5-9,12-13,17H,3-4,10-11H2,1H3,(H,21,24). The van der Waals surface area contributed by atoms with E-state index in [1.54, 1.807) is 35.5 Å². The summed E-state index contributed by atoms with van der Waals surface area (Å²) in [6.07, 6.45) is 5.74. The van der Waals surface area contributed by atoms with Gasteiger partial charge in [0.05, 0.1) is 12.2 Å². The van der Waals surface area contributed by atoms with Gasteiger partial charge in [-0.05, 0) is 49.9 Å². The van der Waals surface area contributed by atoms with E-state index in [0.717, 1.165) is 0 Å². The van der Waals surface area contributed by atoms with Crippen LogP contribution < -0.4 is 5.32 Å². The first-order valence-electron chi connectivity index (χ1n) is 8.61. The van der Waals surface area contributed by atoms with E-state index in [2.05, 4.69) is 10.4 Å². The summed E-state index contributed by atoms with van der Waals surface area (Å²) in [5.41, 5.74) is 0.775. The minimum atomic E-state index is -0.437. The number of aromatic nitrogens is 2. The molecule has 2 fully saturated rings. The lowest BCUT2D eigenvalue weighted by Crippen LogP contribution is -2.51. The molecule has 2 heterocycles. The first kappa shape index (κ1) is 16.1. The molecule has 1 aromatic carbocycles. The third-order valence-electron chi connectivity index (χ3n) is 4.67. The first-order chi connectivity index (χ1) is 12.1. The van der Waals surface area contributed by atoms with Crippen LogP contribution in [0.3, 0.4) is 0 Å². The van der Waals surface area contributed by atoms with Gasteiger partial charge in [-0.1, -0.05) is 0 Å². The van der Waals surface area contributed by atoms with Gasteiger partial charge in [0, 0.05) is 31.2 Å². The second kappa shape index (κ2) is 6.48. The number of urea groups is 1. The van der Waals surface area contributed by atoms with Gasteiger partial charge in [-0.2, -0.15) is 5.10 Å². The molecule has 1 aliphatic carbocycles. The molecule has 0 bridgehead atoms. The normalized spacial score (nSPS) is 23.5. The highest BCUT2D eigenvalue weighted by molar-refractivity contribution is 5.89. The Morgan fingerprint density at radius 1 is 1.36 bits per heavy atom. The number of hydrogen-bond acceptors (Lipinski definition) is 3. The smallest absolute Gasteiger partial charge is 0.322 e. The molecule has 6 nitrogen and oxygen atoms in total. The van der Waals surface area contributed by atoms with Crippen LogP contribution in [-0.2, 0) is 4.74 Å². The Morgan fingerprint density at radius 3 is 2.88 bits per heavy atom. The minimum absolute atomic E-state index is 0.0176. The number of ether oxygens (including phenoxy) is 1. The van der Waals surface area contributed by atoms with Gasteiger partial charge >= 0.3 is 6.03 Å². The van der Waals surface area contributed by atoms with E-state index < -0.39 is 5.82 Å². The second-order valence-corrected chi connectivity index (χ2v) is 6.77. The summed E-state index contributed by atoms with van der Waals surface area (Å²) in [4.78, 5) is 14.3. The molecular formula is C18H21FN4O2. The fraction of sp³-hybridized carbons (Fsp3) is 0.444. The second-order valence-electron chi connectivity index (χ2n) is 6.77. The number of anilines is 1. The highest BCUT2D eigenvalue weighted by atomic mass is 19.1. The van der Waals surface area contributed by atoms with Crippen molar-refractivity contribution >= 4 is 11.7 Å². The third kappa shape index (κ3) is 3.51. The van der Waals surface area contributed by atoms with Gasteiger partial charge in [-0.3, -0.25) is 0 Å². The van der Waals surface area contributed by atoms with E-state index in [-0.39, 0.29) is 18.2 Å². The number of rotatable bonds is 3. The molecule has 1 saturated carbocycles. The molecule has 2 atom stereocenters. The van der Waals surface area contributed by atoms with Crippen LogP contribution in [0.1, 0.15) is 19.8 Å². The zero-order valence-electron chi connectivity index (χ0n) is 14.1. The van der Waals surface area contributed by atoms with Gasteiger partial charge in [-0.15, -0.1) is 0 Å². The van der Waals surface area contributed by atoms with E-state index in [9.17, 15) is 9.18 Å². The summed E-state index contributed by atoms with van der Waals surface area (Å²) >= 11 is 0. The molecule has 1 aliphatic heterocycles. The van der Waals surface area contributed by atoms with Crippen LogP contribution in [-0.4, -0.2) is 46.0 Å². The molecular weight excluding hydrogens is 323 g/mol. The molecule has 2 unspecified atom stereocenters. The topological polar surface area (TPSA) is 59.4 Å². The van der Waals surface area contributed by atoms with Crippen LogP contribution in [0.15, 0.2) is 36.7 Å². The number of benzene rings is 1. The van der Waals surface area contributed by atoms with Crippen molar-refractivity contribution in [3.05, 3.63) is 42.5 Å². The highest BCUT2D eigenvalue weighted by Crippen LogP contribution is 2.36. The summed E-state index contributed by atoms with van der Waals surface area (Å²) in [5.74, 6) is 0.136. The fourth-order valence-electron chi connectivity index (χ4n) is 3.26. The molecule has 2 amide bonds. The van der Waals surface area contributed by atoms with E-state index in [1.165, 1.54) is 23.6 Å². The van der Waals surface area contributed by atoms with Crippen molar-refractivity contribution in [1.82, 2.24) is 14.7 Å². The Balaban J connectivity index is 1.44. The van der Waals surface area contributed by atoms with Crippen molar-refractivity contribution in [2.45, 2.75) is 32.0 Å². The van der Waals surface area contributed by atoms with Crippen molar-refractivity contribution in [2.75, 3.05) is 18.4 Å². The maximum Gasteiger partial charge on any atom is 0.322 e. The van der Waals surface area contributed by atoms with Gasteiger partial charge in [-0.25, -0.2) is 13.9 Å². The zero-order chi connectivity index (χ0) is 17.4. The Hall–Kier alpha value is -2.41. The lowest BCUT2D eigenvalue weighted by atomic mass is 10.1. The Labute approximate surface area is 145 Å². The van der Waals surface area contributed by atoms with E-state index in [1.807, 2.05) is 6.92 Å². The van der Waals surface area contributed by atoms with Crippen molar-refractivity contribution in [2.24, 2.45) is 5.92 Å². The predicted octanol–water partition coefficient (Wildman–Crippen LogP) is 3.04. The van der Waals surface area contributed by atoms with Gasteiger partial charge in [0.2, 0.25) is 0 Å². The average Bonchev–Trinajstić information content (AvgIpc) is 3.30. The summed E-state index contributed by atoms with van der Waals surface area (Å²) in [7, 11) is 0. The van der Waals surface area contributed by atoms with Gasteiger partial charge in [0.1, 0.15) is 5.69 Å². The van der Waals surface area contributed by atoms with Crippen LogP contribution in [0.2, 0.25) is 0 Å². The number of amides is 2. The predicted molar refractivity (Wildman–Crippen MR) is 91.2 cm³/mol. The van der Waals surface area contributed by atoms with E-state index >= 15 is 0 Å². The number of hydrogen-bond donors (Lipinski definition) is 1. The van der Waals surface area contributed by atoms with Crippen LogP contribution in [0, 0.1) is 11.7 Å². The summed E-state index contributed by atoms with van der Waals surface area (Å²) in [6.45, 7) is 3.12. The summed E-state index contributed by atoms with van der Waals surface area (Å²) < 4.78 is 21.7. The Morgan fingerprint density at radius 2 is 2.20 bits per heavy atom. The summed E-state index contributed by atoms with van der Waals surface area (Å²) in [6, 6.07) is 6.11. The van der Waals surface area contributed by atoms with Crippen molar-refractivity contribution in [3.63, 3.8) is 0 Å². The number of halogens is 1. The monoisotopic (exact) mass is 344 g/mol. The molecule has 0 radical (unpaired) electrons. The summed E-state index contributed by atoms with van der Waals surface area (Å²) in [5, 5.41) is 6.80. The Bertz CT molecular complexity index is 760. The molecule has 132 valence electrons. The van der Waals surface area contributed by atoms with Crippen LogP contribution in [0.4, 0.5) is 14.9 Å². The molecule has 1 saturated heterocycles. The SMILES string of the molecule is CC1CN(C(=O)Nc2ccc(-n3cccn3)c(F)c2)CC(C2CC2)O1.